The minimum Gasteiger partial charge on any atom is -0.348 e. The first-order chi connectivity index (χ1) is 5.72. The Bertz CT molecular complexity index is 258. The molecule has 0 aliphatic carbocycles. The van der Waals surface area contributed by atoms with Gasteiger partial charge < -0.3 is 5.32 Å². The lowest BCUT2D eigenvalue weighted by atomic mass is 10.3. The predicted octanol–water partition coefficient (Wildman–Crippen LogP) is 1.60. The van der Waals surface area contributed by atoms with Crippen LogP contribution in [0, 0.1) is 5.82 Å². The molecule has 0 amide bonds. The molecule has 12 heavy (non-hydrogen) atoms. The van der Waals surface area contributed by atoms with E-state index in [-0.39, 0.29) is 6.04 Å². The van der Waals surface area contributed by atoms with Crippen molar-refractivity contribution < 1.29 is 4.39 Å². The molecule has 1 atom stereocenters. The van der Waals surface area contributed by atoms with Gasteiger partial charge >= 0.3 is 0 Å². The van der Waals surface area contributed by atoms with Gasteiger partial charge in [-0.1, -0.05) is 6.08 Å². The average Bonchev–Trinajstić information content (AvgIpc) is 2.09. The van der Waals surface area contributed by atoms with E-state index in [1.807, 2.05) is 6.92 Å². The molecule has 0 spiro atoms. The molecule has 1 N–H and O–H groups in total. The van der Waals surface area contributed by atoms with Crippen LogP contribution >= 0.6 is 0 Å². The summed E-state index contributed by atoms with van der Waals surface area (Å²) in [5.41, 5.74) is 0. The molecule has 0 bridgehead atoms. The summed E-state index contributed by atoms with van der Waals surface area (Å²) in [6, 6.07) is 0.0791. The van der Waals surface area contributed by atoms with Crippen molar-refractivity contribution in [1.29, 1.82) is 0 Å². The van der Waals surface area contributed by atoms with Crippen molar-refractivity contribution in [2.75, 3.05) is 5.32 Å². The molecule has 1 rings (SSSR count). The van der Waals surface area contributed by atoms with Gasteiger partial charge in [0.2, 0.25) is 5.95 Å². The Kier molecular flexibility index (Phi) is 2.74. The molecule has 0 radical (unpaired) electrons. The maximum atomic E-state index is 12.3. The molecule has 1 heterocycles. The number of nitrogens with zero attached hydrogens (tertiary/aromatic N) is 2. The fourth-order valence-corrected chi connectivity index (χ4v) is 0.649. The average molecular weight is 167 g/mol. The van der Waals surface area contributed by atoms with Crippen molar-refractivity contribution in [2.45, 2.75) is 13.0 Å². The highest BCUT2D eigenvalue weighted by Crippen LogP contribution is 2.00. The van der Waals surface area contributed by atoms with Crippen molar-refractivity contribution in [3.05, 3.63) is 30.9 Å². The zero-order valence-electron chi connectivity index (χ0n) is 6.79. The summed E-state index contributed by atoms with van der Waals surface area (Å²) in [6.07, 6.45) is 3.95. The Morgan fingerprint density at radius 3 is 2.67 bits per heavy atom. The van der Waals surface area contributed by atoms with Crippen LogP contribution in [0.1, 0.15) is 6.92 Å². The molecular formula is C8H10FN3. The van der Waals surface area contributed by atoms with Crippen LogP contribution in [-0.2, 0) is 0 Å². The fourth-order valence-electron chi connectivity index (χ4n) is 0.649. The van der Waals surface area contributed by atoms with Gasteiger partial charge in [0.1, 0.15) is 0 Å². The molecular weight excluding hydrogens is 157 g/mol. The minimum absolute atomic E-state index is 0.0791. The number of rotatable bonds is 3. The molecule has 0 saturated heterocycles. The van der Waals surface area contributed by atoms with E-state index in [1.54, 1.807) is 6.08 Å². The van der Waals surface area contributed by atoms with E-state index in [2.05, 4.69) is 21.9 Å². The van der Waals surface area contributed by atoms with E-state index >= 15 is 0 Å². The topological polar surface area (TPSA) is 37.8 Å². The summed E-state index contributed by atoms with van der Waals surface area (Å²) in [6.45, 7) is 5.48. The van der Waals surface area contributed by atoms with E-state index in [4.69, 9.17) is 0 Å². The van der Waals surface area contributed by atoms with Gasteiger partial charge in [0.25, 0.3) is 0 Å². The highest BCUT2D eigenvalue weighted by atomic mass is 19.1. The first kappa shape index (κ1) is 8.64. The van der Waals surface area contributed by atoms with E-state index in [0.29, 0.717) is 5.95 Å². The van der Waals surface area contributed by atoms with Crippen molar-refractivity contribution in [3.63, 3.8) is 0 Å². The number of halogens is 1. The smallest absolute Gasteiger partial charge is 0.223 e. The molecule has 4 heteroatoms. The second-order valence-corrected chi connectivity index (χ2v) is 2.39. The van der Waals surface area contributed by atoms with Gasteiger partial charge in [-0.3, -0.25) is 0 Å². The second kappa shape index (κ2) is 3.80. The number of aromatic nitrogens is 2. The van der Waals surface area contributed by atoms with E-state index < -0.39 is 5.82 Å². The minimum atomic E-state index is -0.438. The number of nitrogens with one attached hydrogen (secondary N) is 1. The summed E-state index contributed by atoms with van der Waals surface area (Å²) in [7, 11) is 0. The first-order valence-corrected chi connectivity index (χ1v) is 3.59. The van der Waals surface area contributed by atoms with Gasteiger partial charge in [0.05, 0.1) is 12.4 Å². The first-order valence-electron chi connectivity index (χ1n) is 3.59. The zero-order chi connectivity index (χ0) is 8.97. The number of hydrogen-bond acceptors (Lipinski definition) is 3. The van der Waals surface area contributed by atoms with Gasteiger partial charge in [-0.15, -0.1) is 6.58 Å². The highest BCUT2D eigenvalue weighted by Gasteiger charge is 1.98. The Morgan fingerprint density at radius 1 is 1.58 bits per heavy atom. The Hall–Kier alpha value is -1.45. The van der Waals surface area contributed by atoms with Crippen LogP contribution in [0.5, 0.6) is 0 Å². The SMILES string of the molecule is C=CC(C)Nc1ncc(F)cn1. The van der Waals surface area contributed by atoms with Crippen LogP contribution in [0.3, 0.4) is 0 Å². The van der Waals surface area contributed by atoms with E-state index in [1.165, 1.54) is 0 Å². The Labute approximate surface area is 70.4 Å². The maximum absolute atomic E-state index is 12.3. The highest BCUT2D eigenvalue weighted by molar-refractivity contribution is 5.25. The summed E-state index contributed by atoms with van der Waals surface area (Å²) in [5, 5.41) is 2.91. The van der Waals surface area contributed by atoms with Crippen LogP contribution in [0.4, 0.5) is 10.3 Å². The quantitative estimate of drug-likeness (QED) is 0.695. The van der Waals surface area contributed by atoms with Crippen molar-refractivity contribution in [2.24, 2.45) is 0 Å². The van der Waals surface area contributed by atoms with E-state index in [0.717, 1.165) is 12.4 Å². The summed E-state index contributed by atoms with van der Waals surface area (Å²) >= 11 is 0. The van der Waals surface area contributed by atoms with E-state index in [9.17, 15) is 4.39 Å². The molecule has 0 aliphatic heterocycles. The second-order valence-electron chi connectivity index (χ2n) is 2.39. The zero-order valence-corrected chi connectivity index (χ0v) is 6.79. The van der Waals surface area contributed by atoms with Crippen LogP contribution in [0.2, 0.25) is 0 Å². The van der Waals surface area contributed by atoms with Crippen LogP contribution in [0.15, 0.2) is 25.0 Å². The van der Waals surface area contributed by atoms with Gasteiger partial charge in [-0.05, 0) is 6.92 Å². The largest absolute Gasteiger partial charge is 0.348 e. The third-order valence-electron chi connectivity index (χ3n) is 1.33. The van der Waals surface area contributed by atoms with Crippen molar-refractivity contribution in [1.82, 2.24) is 9.97 Å². The summed E-state index contributed by atoms with van der Waals surface area (Å²) in [5.74, 6) is -0.0318. The lowest BCUT2D eigenvalue weighted by molar-refractivity contribution is 0.614. The molecule has 0 fully saturated rings. The number of hydrogen-bond donors (Lipinski definition) is 1. The summed E-state index contributed by atoms with van der Waals surface area (Å²) < 4.78 is 12.3. The normalized spacial score (nSPS) is 12.2. The molecule has 3 nitrogen and oxygen atoms in total. The lowest BCUT2D eigenvalue weighted by Gasteiger charge is -2.07. The van der Waals surface area contributed by atoms with Crippen molar-refractivity contribution >= 4 is 5.95 Å². The van der Waals surface area contributed by atoms with Gasteiger partial charge in [0, 0.05) is 6.04 Å². The van der Waals surface area contributed by atoms with Gasteiger partial charge in [-0.2, -0.15) is 0 Å². The van der Waals surface area contributed by atoms with Crippen molar-refractivity contribution in [3.8, 4) is 0 Å². The maximum Gasteiger partial charge on any atom is 0.223 e. The molecule has 0 aromatic carbocycles. The monoisotopic (exact) mass is 167 g/mol. The van der Waals surface area contributed by atoms with Crippen LogP contribution in [0.25, 0.3) is 0 Å². The lowest BCUT2D eigenvalue weighted by Crippen LogP contribution is -2.13. The summed E-state index contributed by atoms with van der Waals surface area (Å²) in [4.78, 5) is 7.44. The van der Waals surface area contributed by atoms with Gasteiger partial charge in [0.15, 0.2) is 5.82 Å². The third kappa shape index (κ3) is 2.30. The number of anilines is 1. The molecule has 0 aliphatic rings. The molecule has 64 valence electrons. The Morgan fingerprint density at radius 2 is 2.17 bits per heavy atom. The standard InChI is InChI=1S/C8H10FN3/c1-3-6(2)12-8-10-4-7(9)5-11-8/h3-6H,1H2,2H3,(H,10,11,12). The molecule has 0 saturated carbocycles. The van der Waals surface area contributed by atoms with Gasteiger partial charge in [-0.25, -0.2) is 14.4 Å². The third-order valence-corrected chi connectivity index (χ3v) is 1.33. The Balaban J connectivity index is 2.64. The molecule has 1 aromatic heterocycles. The predicted molar refractivity (Wildman–Crippen MR) is 45.3 cm³/mol. The fraction of sp³-hybridized carbons (Fsp3) is 0.250. The molecule has 1 aromatic rings. The molecule has 1 unspecified atom stereocenters. The van der Waals surface area contributed by atoms with Crippen LogP contribution < -0.4 is 5.32 Å². The van der Waals surface area contributed by atoms with Crippen LogP contribution in [-0.4, -0.2) is 16.0 Å².